The smallest absolute Gasteiger partial charge is 0.337 e. The molecule has 0 radical (unpaired) electrons. The number of ketones is 1. The molecule has 0 bridgehead atoms. The number of Topliss-reactive ketones (excluding diaryl/α,β-unsaturated/α-hetero) is 1. The zero-order valence-electron chi connectivity index (χ0n) is 21.7. The molecule has 7 nitrogen and oxygen atoms in total. The molecule has 1 aromatic heterocycles. The molecule has 1 unspecified atom stereocenters. The van der Waals surface area contributed by atoms with Gasteiger partial charge in [0.15, 0.2) is 5.13 Å². The Morgan fingerprint density at radius 3 is 2.34 bits per heavy atom. The predicted octanol–water partition coefficient (Wildman–Crippen LogP) is 5.94. The first-order valence-electron chi connectivity index (χ1n) is 12.1. The number of aliphatic hydroxyl groups is 1. The minimum Gasteiger partial charge on any atom is -0.507 e. The molecule has 0 spiro atoms. The first-order valence-corrected chi connectivity index (χ1v) is 12.9. The Labute approximate surface area is 224 Å². The largest absolute Gasteiger partial charge is 0.507 e. The van der Waals surface area contributed by atoms with Gasteiger partial charge in [0, 0.05) is 5.56 Å². The van der Waals surface area contributed by atoms with Gasteiger partial charge in [-0.25, -0.2) is 9.78 Å². The molecule has 1 aliphatic rings. The van der Waals surface area contributed by atoms with E-state index >= 15 is 0 Å². The predicted molar refractivity (Wildman–Crippen MR) is 148 cm³/mol. The van der Waals surface area contributed by atoms with Crippen LogP contribution >= 0.6 is 11.3 Å². The number of carbonyl (C=O) groups is 3. The van der Waals surface area contributed by atoms with Gasteiger partial charge in [-0.15, -0.1) is 0 Å². The number of thiazole rings is 1. The van der Waals surface area contributed by atoms with Gasteiger partial charge in [-0.2, -0.15) is 0 Å². The first-order chi connectivity index (χ1) is 18.1. The number of amides is 1. The Morgan fingerprint density at radius 2 is 1.66 bits per heavy atom. The molecule has 0 saturated carbocycles. The maximum Gasteiger partial charge on any atom is 0.337 e. The summed E-state index contributed by atoms with van der Waals surface area (Å²) in [5.41, 5.74) is 5.80. The fourth-order valence-electron chi connectivity index (χ4n) is 4.86. The molecule has 0 aliphatic carbocycles. The summed E-state index contributed by atoms with van der Waals surface area (Å²) in [6, 6.07) is 15.1. The van der Waals surface area contributed by atoms with Gasteiger partial charge in [0.25, 0.3) is 5.78 Å². The summed E-state index contributed by atoms with van der Waals surface area (Å²) in [6.45, 7) is 7.67. The van der Waals surface area contributed by atoms with Crippen molar-refractivity contribution in [2.24, 2.45) is 0 Å². The van der Waals surface area contributed by atoms with Crippen LogP contribution in [0, 0.1) is 27.7 Å². The molecule has 4 aromatic rings. The maximum absolute atomic E-state index is 13.6. The van der Waals surface area contributed by atoms with E-state index in [1.165, 1.54) is 23.3 Å². The second-order valence-electron chi connectivity index (χ2n) is 9.53. The topological polar surface area (TPSA) is 96.8 Å². The summed E-state index contributed by atoms with van der Waals surface area (Å²) in [5.74, 6) is -2.31. The molecule has 1 N–H and O–H groups in total. The molecule has 1 amide bonds. The Balaban J connectivity index is 1.75. The van der Waals surface area contributed by atoms with E-state index in [-0.39, 0.29) is 11.3 Å². The van der Waals surface area contributed by atoms with Crippen LogP contribution in [0.15, 0.2) is 60.2 Å². The molecule has 192 valence electrons. The number of aromatic nitrogens is 1. The second-order valence-corrected chi connectivity index (χ2v) is 10.5. The van der Waals surface area contributed by atoms with E-state index in [2.05, 4.69) is 0 Å². The number of fused-ring (bicyclic) bond motifs is 1. The van der Waals surface area contributed by atoms with Gasteiger partial charge in [0.2, 0.25) is 0 Å². The standard InChI is InChI=1S/C30H26N2O5S/c1-15-6-7-17(3)21(13-15)26(33)23-25(19-8-10-20(11-9-19)29(36)37-5)32(28(35)27(23)34)30-31-24-18(4)12-16(2)14-22(24)38-30/h6-14,25,33H,1-5H3. The van der Waals surface area contributed by atoms with Crippen LogP contribution in [0.5, 0.6) is 0 Å². The van der Waals surface area contributed by atoms with Crippen molar-refractivity contribution in [2.75, 3.05) is 12.0 Å². The number of aliphatic hydroxyl groups excluding tert-OH is 1. The Bertz CT molecular complexity index is 1670. The lowest BCUT2D eigenvalue weighted by atomic mass is 9.93. The van der Waals surface area contributed by atoms with Gasteiger partial charge in [-0.1, -0.05) is 47.2 Å². The number of methoxy groups -OCH3 is 1. The Morgan fingerprint density at radius 1 is 0.947 bits per heavy atom. The Hall–Kier alpha value is -4.30. The van der Waals surface area contributed by atoms with Gasteiger partial charge in [0.1, 0.15) is 5.76 Å². The van der Waals surface area contributed by atoms with Crippen molar-refractivity contribution in [1.29, 1.82) is 0 Å². The number of hydrogen-bond donors (Lipinski definition) is 1. The third kappa shape index (κ3) is 4.16. The van der Waals surface area contributed by atoms with E-state index < -0.39 is 23.7 Å². The third-order valence-corrected chi connectivity index (χ3v) is 7.77. The van der Waals surface area contributed by atoms with Gasteiger partial charge in [0.05, 0.1) is 34.5 Å². The van der Waals surface area contributed by atoms with Crippen molar-refractivity contribution < 1.29 is 24.2 Å². The van der Waals surface area contributed by atoms with E-state index in [4.69, 9.17) is 9.72 Å². The van der Waals surface area contributed by atoms with Crippen molar-refractivity contribution >= 4 is 50.1 Å². The van der Waals surface area contributed by atoms with E-state index in [9.17, 15) is 19.5 Å². The molecular weight excluding hydrogens is 500 g/mol. The van der Waals surface area contributed by atoms with Crippen LogP contribution < -0.4 is 4.90 Å². The number of carbonyl (C=O) groups excluding carboxylic acids is 3. The molecular formula is C30H26N2O5S. The van der Waals surface area contributed by atoms with E-state index in [0.717, 1.165) is 32.5 Å². The number of nitrogens with zero attached hydrogens (tertiary/aromatic N) is 2. The molecule has 38 heavy (non-hydrogen) atoms. The number of aryl methyl sites for hydroxylation is 4. The molecule has 1 fully saturated rings. The van der Waals surface area contributed by atoms with Crippen molar-refractivity contribution in [3.05, 3.63) is 99.1 Å². The lowest BCUT2D eigenvalue weighted by Crippen LogP contribution is -2.29. The minimum atomic E-state index is -0.941. The van der Waals surface area contributed by atoms with E-state index in [0.29, 0.717) is 21.8 Å². The highest BCUT2D eigenvalue weighted by Crippen LogP contribution is 2.45. The average Bonchev–Trinajstić information content (AvgIpc) is 3.43. The molecule has 3 aromatic carbocycles. The summed E-state index contributed by atoms with van der Waals surface area (Å²) >= 11 is 1.32. The summed E-state index contributed by atoms with van der Waals surface area (Å²) in [7, 11) is 1.30. The van der Waals surface area contributed by atoms with Gasteiger partial charge in [-0.05, 0) is 74.2 Å². The van der Waals surface area contributed by atoms with Crippen LogP contribution in [0.1, 0.15) is 49.8 Å². The van der Waals surface area contributed by atoms with Gasteiger partial charge in [-0.3, -0.25) is 14.5 Å². The number of esters is 1. The highest BCUT2D eigenvalue weighted by Gasteiger charge is 2.48. The molecule has 2 heterocycles. The van der Waals surface area contributed by atoms with Crippen LogP contribution in [-0.4, -0.2) is 34.9 Å². The fraction of sp³-hybridized carbons (Fsp3) is 0.200. The van der Waals surface area contributed by atoms with Crippen LogP contribution in [0.4, 0.5) is 5.13 Å². The van der Waals surface area contributed by atoms with Crippen LogP contribution in [0.3, 0.4) is 0 Å². The lowest BCUT2D eigenvalue weighted by molar-refractivity contribution is -0.132. The first kappa shape index (κ1) is 25.4. The third-order valence-electron chi connectivity index (χ3n) is 6.76. The quantitative estimate of drug-likeness (QED) is 0.153. The van der Waals surface area contributed by atoms with E-state index in [1.807, 2.05) is 52.0 Å². The van der Waals surface area contributed by atoms with Crippen molar-refractivity contribution in [2.45, 2.75) is 33.7 Å². The number of benzene rings is 3. The molecule has 8 heteroatoms. The van der Waals surface area contributed by atoms with Crippen molar-refractivity contribution in [3.63, 3.8) is 0 Å². The Kier molecular flexibility index (Phi) is 6.36. The summed E-state index contributed by atoms with van der Waals surface area (Å²) in [6.07, 6.45) is 0. The summed E-state index contributed by atoms with van der Waals surface area (Å²) < 4.78 is 5.70. The highest BCUT2D eigenvalue weighted by molar-refractivity contribution is 7.22. The second kappa shape index (κ2) is 9.54. The van der Waals surface area contributed by atoms with Crippen molar-refractivity contribution in [1.82, 2.24) is 4.98 Å². The molecule has 5 rings (SSSR count). The van der Waals surface area contributed by atoms with Gasteiger partial charge >= 0.3 is 11.9 Å². The van der Waals surface area contributed by atoms with Crippen molar-refractivity contribution in [3.8, 4) is 0 Å². The van der Waals surface area contributed by atoms with Crippen LogP contribution in [0.2, 0.25) is 0 Å². The average molecular weight is 527 g/mol. The fourth-order valence-corrected chi connectivity index (χ4v) is 6.03. The monoisotopic (exact) mass is 526 g/mol. The van der Waals surface area contributed by atoms with Crippen LogP contribution in [0.25, 0.3) is 16.0 Å². The van der Waals surface area contributed by atoms with Crippen LogP contribution in [-0.2, 0) is 14.3 Å². The number of ether oxygens (including phenoxy) is 1. The van der Waals surface area contributed by atoms with Gasteiger partial charge < -0.3 is 9.84 Å². The minimum absolute atomic E-state index is 0.0262. The zero-order chi connectivity index (χ0) is 27.3. The van der Waals surface area contributed by atoms with E-state index in [1.54, 1.807) is 30.3 Å². The number of rotatable bonds is 4. The molecule has 1 aliphatic heterocycles. The molecule has 1 saturated heterocycles. The molecule has 1 atom stereocenters. The summed E-state index contributed by atoms with van der Waals surface area (Å²) in [4.78, 5) is 45.2. The SMILES string of the molecule is COC(=O)c1ccc(C2C(=C(O)c3cc(C)ccc3C)C(=O)C(=O)N2c2nc3c(C)cc(C)cc3s2)cc1. The number of anilines is 1. The number of hydrogen-bond acceptors (Lipinski definition) is 7. The normalized spacial score (nSPS) is 16.9. The highest BCUT2D eigenvalue weighted by atomic mass is 32.1. The summed E-state index contributed by atoms with van der Waals surface area (Å²) in [5, 5.41) is 11.9. The zero-order valence-corrected chi connectivity index (χ0v) is 22.5. The maximum atomic E-state index is 13.6. The lowest BCUT2D eigenvalue weighted by Gasteiger charge is -2.23.